The average Bonchev–Trinajstić information content (AvgIpc) is 3.42. The molecule has 1 aliphatic heterocycles. The Balaban J connectivity index is 1.73. The van der Waals surface area contributed by atoms with Gasteiger partial charge in [0.15, 0.2) is 0 Å². The molecule has 0 bridgehead atoms. The van der Waals surface area contributed by atoms with Crippen LogP contribution in [-0.2, 0) is 16.0 Å². The second-order valence-electron chi connectivity index (χ2n) is 7.46. The summed E-state index contributed by atoms with van der Waals surface area (Å²) in [6.45, 7) is 2.44. The summed E-state index contributed by atoms with van der Waals surface area (Å²) in [5.41, 5.74) is 1.23. The maximum atomic E-state index is 13.0. The minimum absolute atomic E-state index is 0.0455. The minimum atomic E-state index is -0.862. The molecule has 1 N–H and O–H groups in total. The number of hydrogen-bond donors (Lipinski definition) is 1. The molecule has 6 nitrogen and oxygen atoms in total. The maximum Gasteiger partial charge on any atom is 0.295 e. The van der Waals surface area contributed by atoms with Gasteiger partial charge in [0.2, 0.25) is 0 Å². The Morgan fingerprint density at radius 3 is 2.55 bits per heavy atom. The summed E-state index contributed by atoms with van der Waals surface area (Å²) >= 11 is 12.1. The lowest BCUT2D eigenvalue weighted by atomic mass is 9.99. The van der Waals surface area contributed by atoms with E-state index >= 15 is 0 Å². The monoisotopic (exact) mass is 485 g/mol. The van der Waals surface area contributed by atoms with Gasteiger partial charge < -0.3 is 19.2 Å². The predicted octanol–water partition coefficient (Wildman–Crippen LogP) is 5.65. The highest BCUT2D eigenvalue weighted by atomic mass is 35.5. The number of aliphatic hydroxyl groups excluding tert-OH is 1. The van der Waals surface area contributed by atoms with Crippen LogP contribution < -0.4 is 4.74 Å². The third kappa shape index (κ3) is 4.63. The van der Waals surface area contributed by atoms with E-state index in [2.05, 4.69) is 0 Å². The van der Waals surface area contributed by atoms with Crippen LogP contribution in [-0.4, -0.2) is 34.8 Å². The van der Waals surface area contributed by atoms with E-state index in [1.54, 1.807) is 42.5 Å². The zero-order valence-corrected chi connectivity index (χ0v) is 19.3. The smallest absolute Gasteiger partial charge is 0.295 e. The number of rotatable bonds is 7. The van der Waals surface area contributed by atoms with Crippen LogP contribution in [0.5, 0.6) is 5.75 Å². The topological polar surface area (TPSA) is 80.0 Å². The number of benzene rings is 2. The van der Waals surface area contributed by atoms with E-state index in [-0.39, 0.29) is 17.9 Å². The van der Waals surface area contributed by atoms with Crippen molar-refractivity contribution in [2.45, 2.75) is 19.4 Å². The van der Waals surface area contributed by atoms with Crippen LogP contribution in [0.4, 0.5) is 0 Å². The van der Waals surface area contributed by atoms with Crippen molar-refractivity contribution in [3.63, 3.8) is 0 Å². The molecule has 1 amide bonds. The Bertz CT molecular complexity index is 1200. The van der Waals surface area contributed by atoms with E-state index in [9.17, 15) is 14.7 Å². The molecule has 1 aliphatic rings. The van der Waals surface area contributed by atoms with Gasteiger partial charge in [0.05, 0.1) is 23.5 Å². The van der Waals surface area contributed by atoms with Crippen LogP contribution >= 0.6 is 23.2 Å². The van der Waals surface area contributed by atoms with Gasteiger partial charge >= 0.3 is 0 Å². The Morgan fingerprint density at radius 1 is 1.12 bits per heavy atom. The lowest BCUT2D eigenvalue weighted by Gasteiger charge is -2.23. The highest BCUT2D eigenvalue weighted by Gasteiger charge is 2.47. The summed E-state index contributed by atoms with van der Waals surface area (Å²) < 4.78 is 11.1. The van der Waals surface area contributed by atoms with Crippen molar-refractivity contribution in [1.82, 2.24) is 4.90 Å². The van der Waals surface area contributed by atoms with Gasteiger partial charge in [-0.15, -0.1) is 0 Å². The van der Waals surface area contributed by atoms with Crippen LogP contribution in [0.2, 0.25) is 10.0 Å². The predicted molar refractivity (Wildman–Crippen MR) is 125 cm³/mol. The van der Waals surface area contributed by atoms with Crippen molar-refractivity contribution in [3.05, 3.63) is 93.4 Å². The van der Waals surface area contributed by atoms with Crippen LogP contribution in [0.25, 0.3) is 5.76 Å². The highest BCUT2D eigenvalue weighted by molar-refractivity contribution is 6.46. The van der Waals surface area contributed by atoms with Crippen LogP contribution in [0.3, 0.4) is 0 Å². The van der Waals surface area contributed by atoms with E-state index in [0.29, 0.717) is 40.1 Å². The molecule has 1 unspecified atom stereocenters. The van der Waals surface area contributed by atoms with Gasteiger partial charge in [-0.2, -0.15) is 0 Å². The summed E-state index contributed by atoms with van der Waals surface area (Å²) in [5.74, 6) is -1.05. The number of Topliss-reactive ketones (excluding diaryl/α,β-unsaturated/α-hetero) is 1. The fourth-order valence-electron chi connectivity index (χ4n) is 3.83. The number of likely N-dealkylation sites (tertiary alicyclic amines) is 1. The van der Waals surface area contributed by atoms with Crippen molar-refractivity contribution in [1.29, 1.82) is 0 Å². The molecule has 0 spiro atoms. The van der Waals surface area contributed by atoms with Gasteiger partial charge in [-0.3, -0.25) is 9.59 Å². The fourth-order valence-corrected chi connectivity index (χ4v) is 4.12. The second kappa shape index (κ2) is 9.73. The molecular weight excluding hydrogens is 465 g/mol. The van der Waals surface area contributed by atoms with E-state index in [0.717, 1.165) is 5.56 Å². The molecule has 0 radical (unpaired) electrons. The first-order valence-corrected chi connectivity index (χ1v) is 11.1. The number of ketones is 1. The van der Waals surface area contributed by atoms with Gasteiger partial charge in [-0.25, -0.2) is 0 Å². The number of halogens is 2. The molecule has 2 heterocycles. The molecule has 170 valence electrons. The van der Waals surface area contributed by atoms with Gasteiger partial charge in [-0.1, -0.05) is 35.3 Å². The first kappa shape index (κ1) is 23.0. The third-order valence-electron chi connectivity index (χ3n) is 5.41. The average molecular weight is 486 g/mol. The molecule has 0 saturated carbocycles. The van der Waals surface area contributed by atoms with E-state index < -0.39 is 17.7 Å². The number of ether oxygens (including phenoxy) is 1. The molecule has 1 fully saturated rings. The first-order chi connectivity index (χ1) is 15.9. The van der Waals surface area contributed by atoms with Gasteiger partial charge in [0.1, 0.15) is 23.3 Å². The van der Waals surface area contributed by atoms with Crippen LogP contribution in [0, 0.1) is 0 Å². The molecule has 1 saturated heterocycles. The molecule has 8 heteroatoms. The standard InChI is InChI=1S/C25H21Cl2NO5/c1-2-32-20-14-16(7-10-18(20)27)23(29)21-22(19-4-3-13-33-19)28(25(31)24(21)30)12-11-15-5-8-17(26)9-6-15/h3-10,13-14,22,29H,2,11-12H2,1H3/b23-21-. The number of amides is 1. The normalized spacial score (nSPS) is 17.5. The molecule has 2 aromatic carbocycles. The van der Waals surface area contributed by atoms with Crippen molar-refractivity contribution < 1.29 is 23.8 Å². The quantitative estimate of drug-likeness (QED) is 0.265. The lowest BCUT2D eigenvalue weighted by molar-refractivity contribution is -0.140. The molecule has 1 atom stereocenters. The summed E-state index contributed by atoms with van der Waals surface area (Å²) in [6.07, 6.45) is 1.96. The Labute approximate surface area is 201 Å². The molecule has 33 heavy (non-hydrogen) atoms. The Hall–Kier alpha value is -3.22. The van der Waals surface area contributed by atoms with Crippen LogP contribution in [0.1, 0.15) is 29.9 Å². The molecule has 4 rings (SSSR count). The highest BCUT2D eigenvalue weighted by Crippen LogP contribution is 2.40. The van der Waals surface area contributed by atoms with Gasteiger partial charge in [-0.05, 0) is 61.4 Å². The number of carbonyl (C=O) groups excluding carboxylic acids is 2. The molecule has 3 aromatic rings. The van der Waals surface area contributed by atoms with Crippen molar-refractivity contribution in [3.8, 4) is 5.75 Å². The molecule has 1 aromatic heterocycles. The zero-order valence-electron chi connectivity index (χ0n) is 17.8. The summed E-state index contributed by atoms with van der Waals surface area (Å²) in [5, 5.41) is 12.1. The van der Waals surface area contributed by atoms with E-state index in [1.807, 2.05) is 19.1 Å². The minimum Gasteiger partial charge on any atom is -0.507 e. The summed E-state index contributed by atoms with van der Waals surface area (Å²) in [7, 11) is 0. The van der Waals surface area contributed by atoms with Crippen molar-refractivity contribution >= 4 is 40.7 Å². The lowest BCUT2D eigenvalue weighted by Crippen LogP contribution is -2.31. The van der Waals surface area contributed by atoms with Crippen molar-refractivity contribution in [2.75, 3.05) is 13.2 Å². The van der Waals surface area contributed by atoms with Gasteiger partial charge in [0, 0.05) is 17.1 Å². The number of carbonyl (C=O) groups is 2. The molecule has 0 aliphatic carbocycles. The Kier molecular flexibility index (Phi) is 6.77. The first-order valence-electron chi connectivity index (χ1n) is 10.4. The number of aliphatic hydroxyl groups is 1. The van der Waals surface area contributed by atoms with E-state index in [4.69, 9.17) is 32.4 Å². The zero-order chi connectivity index (χ0) is 23.5. The maximum absolute atomic E-state index is 13.0. The molecular formula is C25H21Cl2NO5. The SMILES string of the molecule is CCOc1cc(/C(O)=C2/C(=O)C(=O)N(CCc3ccc(Cl)cc3)C2c2ccco2)ccc1Cl. The summed E-state index contributed by atoms with van der Waals surface area (Å²) in [4.78, 5) is 27.4. The number of hydrogen-bond acceptors (Lipinski definition) is 5. The van der Waals surface area contributed by atoms with E-state index in [1.165, 1.54) is 11.2 Å². The Morgan fingerprint density at radius 2 is 1.88 bits per heavy atom. The third-order valence-corrected chi connectivity index (χ3v) is 5.98. The summed E-state index contributed by atoms with van der Waals surface area (Å²) in [6, 6.07) is 14.4. The van der Waals surface area contributed by atoms with Crippen LogP contribution in [0.15, 0.2) is 70.9 Å². The van der Waals surface area contributed by atoms with Crippen molar-refractivity contribution in [2.24, 2.45) is 0 Å². The largest absolute Gasteiger partial charge is 0.507 e. The number of nitrogens with zero attached hydrogens (tertiary/aromatic N) is 1. The van der Waals surface area contributed by atoms with Gasteiger partial charge in [0.25, 0.3) is 11.7 Å². The second-order valence-corrected chi connectivity index (χ2v) is 8.31. The fraction of sp³-hybridized carbons (Fsp3) is 0.200. The number of furan rings is 1.